The van der Waals surface area contributed by atoms with Crippen LogP contribution in [0.3, 0.4) is 0 Å². The van der Waals surface area contributed by atoms with Crippen molar-refractivity contribution in [2.45, 2.75) is 27.3 Å². The molecule has 0 spiro atoms. The van der Waals surface area contributed by atoms with Crippen LogP contribution in [-0.4, -0.2) is 24.5 Å². The lowest BCUT2D eigenvalue weighted by molar-refractivity contribution is 0.183. The molecule has 1 aromatic rings. The molecule has 0 saturated heterocycles. The molecule has 4 heteroatoms. The predicted octanol–water partition coefficient (Wildman–Crippen LogP) is 3.29. The molecule has 18 heavy (non-hydrogen) atoms. The zero-order chi connectivity index (χ0) is 13.8. The van der Waals surface area contributed by atoms with Crippen LogP contribution in [0, 0.1) is 11.2 Å². The second-order valence-electron chi connectivity index (χ2n) is 5.45. The molecule has 0 aromatic heterocycles. The Hall–Kier alpha value is -0.640. The molecule has 0 amide bonds. The number of benzene rings is 1. The molecule has 1 rings (SSSR count). The van der Waals surface area contributed by atoms with E-state index in [9.17, 15) is 4.39 Å². The van der Waals surface area contributed by atoms with Gasteiger partial charge < -0.3 is 5.73 Å². The van der Waals surface area contributed by atoms with Gasteiger partial charge in [-0.05, 0) is 42.3 Å². The molecule has 0 unspecified atom stereocenters. The summed E-state index contributed by atoms with van der Waals surface area (Å²) >= 11 is 5.86. The van der Waals surface area contributed by atoms with Crippen molar-refractivity contribution >= 4 is 11.6 Å². The topological polar surface area (TPSA) is 29.3 Å². The molecule has 1 aromatic carbocycles. The third-order valence-corrected chi connectivity index (χ3v) is 3.20. The van der Waals surface area contributed by atoms with Crippen molar-refractivity contribution in [1.82, 2.24) is 4.90 Å². The summed E-state index contributed by atoms with van der Waals surface area (Å²) in [5.41, 5.74) is 6.70. The van der Waals surface area contributed by atoms with Gasteiger partial charge in [0.05, 0.1) is 0 Å². The van der Waals surface area contributed by atoms with Gasteiger partial charge in [0.1, 0.15) is 5.82 Å². The summed E-state index contributed by atoms with van der Waals surface area (Å²) in [6, 6.07) is 4.66. The quantitative estimate of drug-likeness (QED) is 0.861. The second-order valence-corrected chi connectivity index (χ2v) is 5.89. The van der Waals surface area contributed by atoms with Gasteiger partial charge in [-0.15, -0.1) is 0 Å². The van der Waals surface area contributed by atoms with Crippen molar-refractivity contribution < 1.29 is 4.39 Å². The molecule has 0 radical (unpaired) electrons. The highest BCUT2D eigenvalue weighted by Crippen LogP contribution is 2.19. The summed E-state index contributed by atoms with van der Waals surface area (Å²) in [7, 11) is 0. The lowest BCUT2D eigenvalue weighted by Crippen LogP contribution is -2.38. The molecule has 0 aliphatic rings. The number of nitrogens with zero attached hydrogens (tertiary/aromatic N) is 1. The highest BCUT2D eigenvalue weighted by atomic mass is 35.5. The Bertz CT molecular complexity index is 373. The molecular weight excluding hydrogens is 251 g/mol. The average Bonchev–Trinajstić information content (AvgIpc) is 2.26. The number of nitrogens with two attached hydrogens (primary N) is 1. The summed E-state index contributed by atoms with van der Waals surface area (Å²) in [5.74, 6) is -0.286. The van der Waals surface area contributed by atoms with Gasteiger partial charge in [0.25, 0.3) is 0 Å². The van der Waals surface area contributed by atoms with Crippen molar-refractivity contribution in [3.05, 3.63) is 34.6 Å². The molecule has 0 atom stereocenters. The van der Waals surface area contributed by atoms with Crippen LogP contribution in [-0.2, 0) is 6.54 Å². The predicted molar refractivity (Wildman–Crippen MR) is 75.2 cm³/mol. The van der Waals surface area contributed by atoms with E-state index < -0.39 is 0 Å². The molecule has 0 saturated carbocycles. The van der Waals surface area contributed by atoms with E-state index in [-0.39, 0.29) is 11.2 Å². The van der Waals surface area contributed by atoms with Crippen LogP contribution in [0.15, 0.2) is 18.2 Å². The maximum absolute atomic E-state index is 13.3. The Labute approximate surface area is 114 Å². The van der Waals surface area contributed by atoms with Crippen molar-refractivity contribution in [3.63, 3.8) is 0 Å². The Morgan fingerprint density at radius 2 is 2.00 bits per heavy atom. The van der Waals surface area contributed by atoms with E-state index in [1.807, 2.05) is 6.07 Å². The van der Waals surface area contributed by atoms with Gasteiger partial charge in [-0.1, -0.05) is 32.4 Å². The maximum Gasteiger partial charge on any atom is 0.125 e. The van der Waals surface area contributed by atoms with E-state index in [1.54, 1.807) is 0 Å². The minimum Gasteiger partial charge on any atom is -0.330 e. The standard InChI is InChI=1S/C14H22ClFN2/c1-4-18(10-14(2,3)9-17)8-11-5-12(15)7-13(16)6-11/h5-7H,4,8-10,17H2,1-3H3. The maximum atomic E-state index is 13.3. The summed E-state index contributed by atoms with van der Waals surface area (Å²) < 4.78 is 13.3. The third kappa shape index (κ3) is 4.92. The first kappa shape index (κ1) is 15.4. The molecule has 0 fully saturated rings. The fraction of sp³-hybridized carbons (Fsp3) is 0.571. The first-order chi connectivity index (χ1) is 8.36. The van der Waals surface area contributed by atoms with Crippen molar-refractivity contribution in [1.29, 1.82) is 0 Å². The van der Waals surface area contributed by atoms with Crippen LogP contribution in [0.25, 0.3) is 0 Å². The first-order valence-electron chi connectivity index (χ1n) is 6.23. The van der Waals surface area contributed by atoms with Crippen molar-refractivity contribution in [2.24, 2.45) is 11.1 Å². The minimum atomic E-state index is -0.286. The smallest absolute Gasteiger partial charge is 0.125 e. The van der Waals surface area contributed by atoms with Gasteiger partial charge in [-0.2, -0.15) is 0 Å². The van der Waals surface area contributed by atoms with Crippen LogP contribution in [0.5, 0.6) is 0 Å². The normalized spacial score (nSPS) is 12.2. The lowest BCUT2D eigenvalue weighted by atomic mass is 9.93. The van der Waals surface area contributed by atoms with Crippen LogP contribution >= 0.6 is 11.6 Å². The van der Waals surface area contributed by atoms with Gasteiger partial charge >= 0.3 is 0 Å². The molecule has 102 valence electrons. The van der Waals surface area contributed by atoms with Crippen molar-refractivity contribution in [3.8, 4) is 0 Å². The summed E-state index contributed by atoms with van der Waals surface area (Å²) in [6.07, 6.45) is 0. The molecule has 0 aliphatic heterocycles. The SMILES string of the molecule is CCN(Cc1cc(F)cc(Cl)c1)CC(C)(C)CN. The molecule has 0 aliphatic carbocycles. The highest BCUT2D eigenvalue weighted by Gasteiger charge is 2.19. The number of hydrogen-bond acceptors (Lipinski definition) is 2. The number of hydrogen-bond donors (Lipinski definition) is 1. The zero-order valence-electron chi connectivity index (χ0n) is 11.3. The summed E-state index contributed by atoms with van der Waals surface area (Å²) in [5, 5.41) is 0.444. The first-order valence-corrected chi connectivity index (χ1v) is 6.61. The Kier molecular flexibility index (Phi) is 5.57. The van der Waals surface area contributed by atoms with Gasteiger partial charge in [-0.25, -0.2) is 4.39 Å². The largest absolute Gasteiger partial charge is 0.330 e. The van der Waals surface area contributed by atoms with Gasteiger partial charge in [0, 0.05) is 18.1 Å². The van der Waals surface area contributed by atoms with E-state index in [4.69, 9.17) is 17.3 Å². The Balaban J connectivity index is 2.73. The van der Waals surface area contributed by atoms with Gasteiger partial charge in [-0.3, -0.25) is 4.90 Å². The van der Waals surface area contributed by atoms with Crippen LogP contribution in [0.2, 0.25) is 5.02 Å². The monoisotopic (exact) mass is 272 g/mol. The van der Waals surface area contributed by atoms with Gasteiger partial charge in [0.2, 0.25) is 0 Å². The molecule has 2 nitrogen and oxygen atoms in total. The molecule has 0 bridgehead atoms. The fourth-order valence-corrected chi connectivity index (χ4v) is 2.15. The van der Waals surface area contributed by atoms with Crippen LogP contribution < -0.4 is 5.73 Å². The number of halogens is 2. The van der Waals surface area contributed by atoms with Gasteiger partial charge in [0.15, 0.2) is 0 Å². The Morgan fingerprint density at radius 1 is 1.33 bits per heavy atom. The van der Waals surface area contributed by atoms with E-state index >= 15 is 0 Å². The van der Waals surface area contributed by atoms with Crippen molar-refractivity contribution in [2.75, 3.05) is 19.6 Å². The lowest BCUT2D eigenvalue weighted by Gasteiger charge is -2.31. The van der Waals surface area contributed by atoms with Crippen LogP contribution in [0.4, 0.5) is 4.39 Å². The summed E-state index contributed by atoms with van der Waals surface area (Å²) in [4.78, 5) is 2.25. The summed E-state index contributed by atoms with van der Waals surface area (Å²) in [6.45, 7) is 9.46. The van der Waals surface area contributed by atoms with E-state index in [0.29, 0.717) is 18.1 Å². The molecule has 0 heterocycles. The molecule has 2 N–H and O–H groups in total. The zero-order valence-corrected chi connectivity index (χ0v) is 12.1. The van der Waals surface area contributed by atoms with E-state index in [0.717, 1.165) is 18.7 Å². The highest BCUT2D eigenvalue weighted by molar-refractivity contribution is 6.30. The second kappa shape index (κ2) is 6.50. The third-order valence-electron chi connectivity index (χ3n) is 2.98. The van der Waals surface area contributed by atoms with Crippen LogP contribution in [0.1, 0.15) is 26.3 Å². The minimum absolute atomic E-state index is 0.0626. The Morgan fingerprint density at radius 3 is 2.50 bits per heavy atom. The van der Waals surface area contributed by atoms with E-state index in [1.165, 1.54) is 12.1 Å². The fourth-order valence-electron chi connectivity index (χ4n) is 1.91. The average molecular weight is 273 g/mol. The van der Waals surface area contributed by atoms with E-state index in [2.05, 4.69) is 25.7 Å². The molecular formula is C14H22ClFN2. The number of rotatable bonds is 6.